The van der Waals surface area contributed by atoms with E-state index >= 15 is 0 Å². The van der Waals surface area contributed by atoms with Crippen LogP contribution in [0.1, 0.15) is 258 Å². The summed E-state index contributed by atoms with van der Waals surface area (Å²) in [7, 11) is 0. The molecule has 6 heteroatoms. The van der Waals surface area contributed by atoms with Gasteiger partial charge in [-0.1, -0.05) is 256 Å². The van der Waals surface area contributed by atoms with Gasteiger partial charge in [-0.3, -0.25) is 14.4 Å². The molecule has 6 nitrogen and oxygen atoms in total. The maximum atomic E-state index is 12.9. The lowest BCUT2D eigenvalue weighted by atomic mass is 10.1. The van der Waals surface area contributed by atoms with Crippen LogP contribution in [0.3, 0.4) is 0 Å². The predicted octanol–water partition coefficient (Wildman–Crippen LogP) is 21.2. The highest BCUT2D eigenvalue weighted by molar-refractivity contribution is 5.71. The maximum absolute atomic E-state index is 12.9. The second kappa shape index (κ2) is 62.8. The summed E-state index contributed by atoms with van der Waals surface area (Å²) in [5, 5.41) is 0. The van der Waals surface area contributed by atoms with Crippen LogP contribution in [0.15, 0.2) is 146 Å². The fraction of sp³-hybridized carbons (Fsp3) is 0.614. The second-order valence-corrected chi connectivity index (χ2v) is 19.8. The highest BCUT2D eigenvalue weighted by Gasteiger charge is 2.19. The lowest BCUT2D eigenvalue weighted by molar-refractivity contribution is -0.166. The van der Waals surface area contributed by atoms with E-state index in [-0.39, 0.29) is 31.6 Å². The van der Waals surface area contributed by atoms with E-state index in [2.05, 4.69) is 154 Å². The summed E-state index contributed by atoms with van der Waals surface area (Å²) in [6.07, 6.45) is 90.0. The van der Waals surface area contributed by atoms with Gasteiger partial charge in [0.05, 0.1) is 0 Å². The highest BCUT2D eigenvalue weighted by atomic mass is 16.6. The van der Waals surface area contributed by atoms with E-state index in [1.165, 1.54) is 83.5 Å². The molecular weight excluding hydrogens is 937 g/mol. The van der Waals surface area contributed by atoms with Gasteiger partial charge in [0.1, 0.15) is 13.2 Å². The number of hydrogen-bond donors (Lipinski definition) is 0. The van der Waals surface area contributed by atoms with Gasteiger partial charge in [-0.25, -0.2) is 0 Å². The van der Waals surface area contributed by atoms with Crippen molar-refractivity contribution in [2.24, 2.45) is 0 Å². The van der Waals surface area contributed by atoms with Gasteiger partial charge in [0.15, 0.2) is 6.10 Å². The van der Waals surface area contributed by atoms with Crippen molar-refractivity contribution in [3.05, 3.63) is 146 Å². The zero-order valence-corrected chi connectivity index (χ0v) is 49.0. The first-order valence-corrected chi connectivity index (χ1v) is 30.8. The molecule has 0 bridgehead atoms. The summed E-state index contributed by atoms with van der Waals surface area (Å²) in [5.74, 6) is -1.02. The Balaban J connectivity index is 4.48. The molecule has 0 amide bonds. The number of carbonyl (C=O) groups is 3. The number of allylic oxidation sites excluding steroid dienone is 24. The zero-order chi connectivity index (χ0) is 55.0. The summed E-state index contributed by atoms with van der Waals surface area (Å²) >= 11 is 0. The third-order valence-corrected chi connectivity index (χ3v) is 12.6. The standard InChI is InChI=1S/C70H112O6/c1-4-7-10-13-16-19-22-25-28-30-32-33-34-35-36-37-39-40-42-45-48-51-54-57-60-63-69(72)75-66-67(65-74-68(71)62-59-56-53-50-47-44-27-24-21-18-15-12-9-6-3)76-70(73)64-61-58-55-52-49-46-43-41-38-31-29-26-23-20-17-14-11-8-5-2/h7-8,10-11,16-17,19-20,24-29,32-33,35-36,38,41,46,49,55,58,67H,4-6,9,12-15,18,21-23,30-31,34,37,39-40,42-45,47-48,50-54,56-57,59-66H2,1-3H3/b10-7-,11-8-,19-16-,20-17-,27-24-,28-25-,29-26-,33-32-,36-35-,41-38-,49-46-,58-55-. The molecule has 0 N–H and O–H groups in total. The van der Waals surface area contributed by atoms with Crippen molar-refractivity contribution in [3.63, 3.8) is 0 Å². The molecule has 0 radical (unpaired) electrons. The molecular formula is C70H112O6. The summed E-state index contributed by atoms with van der Waals surface area (Å²) < 4.78 is 16.8. The molecule has 1 unspecified atom stereocenters. The minimum Gasteiger partial charge on any atom is -0.462 e. The van der Waals surface area contributed by atoms with E-state index in [9.17, 15) is 14.4 Å². The van der Waals surface area contributed by atoms with Crippen LogP contribution in [-0.4, -0.2) is 37.2 Å². The van der Waals surface area contributed by atoms with Crippen LogP contribution in [0, 0.1) is 0 Å². The van der Waals surface area contributed by atoms with Crippen molar-refractivity contribution in [3.8, 4) is 0 Å². The van der Waals surface area contributed by atoms with Crippen molar-refractivity contribution < 1.29 is 28.6 Å². The lowest BCUT2D eigenvalue weighted by Gasteiger charge is -2.18. The maximum Gasteiger partial charge on any atom is 0.306 e. The smallest absolute Gasteiger partial charge is 0.306 e. The number of ether oxygens (including phenoxy) is 3. The van der Waals surface area contributed by atoms with E-state index in [0.29, 0.717) is 19.3 Å². The van der Waals surface area contributed by atoms with Crippen LogP contribution in [-0.2, 0) is 28.6 Å². The van der Waals surface area contributed by atoms with Crippen LogP contribution in [0.5, 0.6) is 0 Å². The predicted molar refractivity (Wildman–Crippen MR) is 329 cm³/mol. The first kappa shape index (κ1) is 71.3. The number of esters is 3. The third-order valence-electron chi connectivity index (χ3n) is 12.6. The minimum absolute atomic E-state index is 0.119. The molecule has 0 aliphatic heterocycles. The average Bonchev–Trinajstić information content (AvgIpc) is 3.42. The van der Waals surface area contributed by atoms with Gasteiger partial charge in [-0.05, 0) is 128 Å². The molecule has 0 aromatic carbocycles. The summed E-state index contributed by atoms with van der Waals surface area (Å²) in [4.78, 5) is 38.2. The SMILES string of the molecule is CC/C=C\C/C=C\C/C=C\C/C=C\C/C=C\C/C=C\CCC(=O)OC(COC(=O)CCCCCCC/C=C\CCCCCCC)COC(=O)CCCCCCCCCCC/C=C\C/C=C\C/C=C\C/C=C\C/C=C\CC. The Morgan fingerprint density at radius 3 is 0.868 bits per heavy atom. The molecule has 0 aliphatic carbocycles. The lowest BCUT2D eigenvalue weighted by Crippen LogP contribution is -2.30. The summed E-state index contributed by atoms with van der Waals surface area (Å²) in [5.41, 5.74) is 0. The van der Waals surface area contributed by atoms with Crippen molar-refractivity contribution in [2.75, 3.05) is 13.2 Å². The first-order valence-electron chi connectivity index (χ1n) is 30.8. The van der Waals surface area contributed by atoms with Gasteiger partial charge in [0, 0.05) is 19.3 Å². The molecule has 0 rings (SSSR count). The second-order valence-electron chi connectivity index (χ2n) is 19.8. The Labute approximate surface area is 467 Å². The van der Waals surface area contributed by atoms with E-state index in [4.69, 9.17) is 14.2 Å². The average molecular weight is 1050 g/mol. The molecule has 0 spiro atoms. The third kappa shape index (κ3) is 60.2. The molecule has 76 heavy (non-hydrogen) atoms. The van der Waals surface area contributed by atoms with Crippen LogP contribution < -0.4 is 0 Å². The number of hydrogen-bond acceptors (Lipinski definition) is 6. The largest absolute Gasteiger partial charge is 0.462 e. The van der Waals surface area contributed by atoms with E-state index in [1.54, 1.807) is 0 Å². The molecule has 0 fully saturated rings. The topological polar surface area (TPSA) is 78.9 Å². The fourth-order valence-electron chi connectivity index (χ4n) is 8.02. The first-order chi connectivity index (χ1) is 37.5. The highest BCUT2D eigenvalue weighted by Crippen LogP contribution is 2.14. The van der Waals surface area contributed by atoms with E-state index in [1.807, 2.05) is 12.2 Å². The number of unbranched alkanes of at least 4 members (excludes halogenated alkanes) is 19. The van der Waals surface area contributed by atoms with Gasteiger partial charge in [-0.15, -0.1) is 0 Å². The van der Waals surface area contributed by atoms with Crippen molar-refractivity contribution in [1.29, 1.82) is 0 Å². The van der Waals surface area contributed by atoms with Gasteiger partial charge < -0.3 is 14.2 Å². The zero-order valence-electron chi connectivity index (χ0n) is 49.0. The molecule has 428 valence electrons. The van der Waals surface area contributed by atoms with Crippen molar-refractivity contribution in [2.45, 2.75) is 264 Å². The molecule has 0 aromatic rings. The normalized spacial score (nSPS) is 13.1. The molecule has 0 heterocycles. The van der Waals surface area contributed by atoms with Gasteiger partial charge in [-0.2, -0.15) is 0 Å². The Kier molecular flexibility index (Phi) is 58.9. The monoisotopic (exact) mass is 1050 g/mol. The van der Waals surface area contributed by atoms with Gasteiger partial charge in [0.25, 0.3) is 0 Å². The Hall–Kier alpha value is -4.71. The van der Waals surface area contributed by atoms with Crippen LogP contribution in [0.25, 0.3) is 0 Å². The van der Waals surface area contributed by atoms with Crippen molar-refractivity contribution >= 4 is 17.9 Å². The molecule has 0 saturated carbocycles. The molecule has 0 aliphatic rings. The Bertz CT molecular complexity index is 1680. The molecule has 0 saturated heterocycles. The molecule has 0 aromatic heterocycles. The summed E-state index contributed by atoms with van der Waals surface area (Å²) in [6, 6.07) is 0. The van der Waals surface area contributed by atoms with E-state index < -0.39 is 12.1 Å². The fourth-order valence-corrected chi connectivity index (χ4v) is 8.02. The van der Waals surface area contributed by atoms with Crippen LogP contribution >= 0.6 is 0 Å². The quantitative estimate of drug-likeness (QED) is 0.0261. The van der Waals surface area contributed by atoms with Crippen LogP contribution in [0.4, 0.5) is 0 Å². The van der Waals surface area contributed by atoms with Gasteiger partial charge >= 0.3 is 17.9 Å². The number of carbonyl (C=O) groups excluding carboxylic acids is 3. The number of rotatable bonds is 54. The molecule has 1 atom stereocenters. The van der Waals surface area contributed by atoms with Crippen LogP contribution in [0.2, 0.25) is 0 Å². The Morgan fingerprint density at radius 2 is 0.539 bits per heavy atom. The Morgan fingerprint density at radius 1 is 0.276 bits per heavy atom. The summed E-state index contributed by atoms with van der Waals surface area (Å²) in [6.45, 7) is 6.33. The van der Waals surface area contributed by atoms with E-state index in [0.717, 1.165) is 128 Å². The van der Waals surface area contributed by atoms with Crippen molar-refractivity contribution in [1.82, 2.24) is 0 Å². The van der Waals surface area contributed by atoms with Gasteiger partial charge in [0.2, 0.25) is 0 Å². The minimum atomic E-state index is -0.831.